The minimum atomic E-state index is -4.45. The zero-order valence-electron chi connectivity index (χ0n) is 18.3. The number of nitrogens with two attached hydrogens (primary N) is 1. The van der Waals surface area contributed by atoms with Crippen LogP contribution in [0.1, 0.15) is 17.1 Å². The molecule has 1 aromatic carbocycles. The van der Waals surface area contributed by atoms with Crippen LogP contribution in [0.3, 0.4) is 0 Å². The lowest BCUT2D eigenvalue weighted by molar-refractivity contribution is -0.171. The number of alkyl halides is 3. The van der Waals surface area contributed by atoms with Crippen LogP contribution in [0.25, 0.3) is 11.1 Å². The highest BCUT2D eigenvalue weighted by Gasteiger charge is 2.49. The van der Waals surface area contributed by atoms with E-state index in [1.54, 1.807) is 14.0 Å². The number of hydrogen-bond acceptors (Lipinski definition) is 8. The predicted octanol–water partition coefficient (Wildman–Crippen LogP) is 3.45. The van der Waals surface area contributed by atoms with E-state index in [0.29, 0.717) is 34.8 Å². The standard InChI is InChI=1S/C22H21F4N7O/c1-10-29-6-12(7-30-10)34-21-31-18-5-13-14(3-11(23)4-17(13)28-2)19(18)20(32-21)33-8-15(16(27)9-33)22(24,25)26/h3-4,6-7,15-16,28H,5,8-9,27H2,1-2H3. The molecule has 5 rings (SSSR count). The Morgan fingerprint density at radius 3 is 2.53 bits per heavy atom. The molecule has 3 aromatic rings. The summed E-state index contributed by atoms with van der Waals surface area (Å²) in [4.78, 5) is 18.5. The molecular weight excluding hydrogens is 454 g/mol. The Balaban J connectivity index is 1.62. The summed E-state index contributed by atoms with van der Waals surface area (Å²) in [6.07, 6.45) is -1.22. The molecule has 0 bridgehead atoms. The van der Waals surface area contributed by atoms with Crippen molar-refractivity contribution in [1.29, 1.82) is 0 Å². The second-order valence-corrected chi connectivity index (χ2v) is 8.34. The van der Waals surface area contributed by atoms with Gasteiger partial charge in [-0.1, -0.05) is 0 Å². The number of fused-ring (bicyclic) bond motifs is 3. The topological polar surface area (TPSA) is 102 Å². The average Bonchev–Trinajstić information content (AvgIpc) is 3.35. The van der Waals surface area contributed by atoms with E-state index in [9.17, 15) is 17.6 Å². The van der Waals surface area contributed by atoms with Crippen LogP contribution in [0.4, 0.5) is 29.1 Å². The first-order valence-electron chi connectivity index (χ1n) is 10.6. The lowest BCUT2D eigenvalue weighted by atomic mass is 10.0. The van der Waals surface area contributed by atoms with Gasteiger partial charge in [-0.25, -0.2) is 14.4 Å². The van der Waals surface area contributed by atoms with Crippen LogP contribution < -0.4 is 20.7 Å². The lowest BCUT2D eigenvalue weighted by Crippen LogP contribution is -2.38. The van der Waals surface area contributed by atoms with Crippen LogP contribution in [-0.2, 0) is 6.42 Å². The fourth-order valence-corrected chi connectivity index (χ4v) is 4.48. The number of aryl methyl sites for hydroxylation is 1. The molecule has 2 unspecified atom stereocenters. The van der Waals surface area contributed by atoms with E-state index in [1.807, 2.05) is 0 Å². The maximum absolute atomic E-state index is 14.4. The van der Waals surface area contributed by atoms with E-state index in [4.69, 9.17) is 10.5 Å². The number of anilines is 2. The summed E-state index contributed by atoms with van der Waals surface area (Å²) in [6.45, 7) is 1.28. The average molecular weight is 475 g/mol. The summed E-state index contributed by atoms with van der Waals surface area (Å²) in [6, 6.07) is 1.52. The molecule has 2 atom stereocenters. The number of hydrogen-bond donors (Lipinski definition) is 2. The number of aromatic nitrogens is 4. The minimum Gasteiger partial charge on any atom is -0.421 e. The smallest absolute Gasteiger partial charge is 0.395 e. The number of ether oxygens (including phenoxy) is 1. The van der Waals surface area contributed by atoms with E-state index in [2.05, 4.69) is 25.3 Å². The van der Waals surface area contributed by atoms with Crippen LogP contribution in [0, 0.1) is 18.7 Å². The second kappa shape index (κ2) is 8.05. The van der Waals surface area contributed by atoms with Gasteiger partial charge in [-0.3, -0.25) is 0 Å². The molecule has 2 aliphatic rings. The van der Waals surface area contributed by atoms with E-state index in [1.165, 1.54) is 29.4 Å². The van der Waals surface area contributed by atoms with Crippen LogP contribution in [0.15, 0.2) is 24.5 Å². The van der Waals surface area contributed by atoms with Gasteiger partial charge in [0.05, 0.1) is 24.0 Å². The van der Waals surface area contributed by atoms with Crippen molar-refractivity contribution in [2.75, 3.05) is 30.4 Å². The number of halogens is 4. The first kappa shape index (κ1) is 22.3. The van der Waals surface area contributed by atoms with E-state index >= 15 is 0 Å². The molecule has 12 heteroatoms. The summed E-state index contributed by atoms with van der Waals surface area (Å²) in [7, 11) is 1.67. The molecule has 0 spiro atoms. The van der Waals surface area contributed by atoms with Crippen molar-refractivity contribution in [2.45, 2.75) is 25.6 Å². The molecule has 0 amide bonds. The first-order valence-corrected chi connectivity index (χ1v) is 10.6. The Labute approximate surface area is 192 Å². The van der Waals surface area contributed by atoms with Gasteiger partial charge >= 0.3 is 12.2 Å². The van der Waals surface area contributed by atoms with E-state index in [0.717, 1.165) is 5.56 Å². The highest BCUT2D eigenvalue weighted by atomic mass is 19.4. The number of nitrogens with zero attached hydrogens (tertiary/aromatic N) is 5. The summed E-state index contributed by atoms with van der Waals surface area (Å²) in [5.74, 6) is -1.15. The Bertz CT molecular complexity index is 1250. The predicted molar refractivity (Wildman–Crippen MR) is 116 cm³/mol. The van der Waals surface area contributed by atoms with Gasteiger partial charge in [0, 0.05) is 43.9 Å². The highest BCUT2D eigenvalue weighted by Crippen LogP contribution is 2.47. The third-order valence-electron chi connectivity index (χ3n) is 6.09. The summed E-state index contributed by atoms with van der Waals surface area (Å²) in [5.41, 5.74) is 8.74. The Morgan fingerprint density at radius 2 is 1.88 bits per heavy atom. The molecule has 2 aromatic heterocycles. The maximum atomic E-state index is 14.4. The number of nitrogens with one attached hydrogen (secondary N) is 1. The Kier molecular flexibility index (Phi) is 5.27. The van der Waals surface area contributed by atoms with Crippen LogP contribution in [-0.4, -0.2) is 52.3 Å². The molecule has 3 N–H and O–H groups in total. The van der Waals surface area contributed by atoms with Crippen molar-refractivity contribution in [1.82, 2.24) is 19.9 Å². The van der Waals surface area contributed by atoms with E-state index < -0.39 is 24.0 Å². The molecule has 1 aliphatic heterocycles. The van der Waals surface area contributed by atoms with Crippen molar-refractivity contribution in [3.05, 3.63) is 47.4 Å². The van der Waals surface area contributed by atoms with Crippen molar-refractivity contribution in [2.24, 2.45) is 11.7 Å². The highest BCUT2D eigenvalue weighted by molar-refractivity contribution is 5.88. The zero-order chi connectivity index (χ0) is 24.2. The SMILES string of the molecule is CNc1cc(F)cc2c1Cc1nc(Oc3cnc(C)nc3)nc(N3CC(N)C(C(F)(F)F)C3)c1-2. The van der Waals surface area contributed by atoms with Gasteiger partial charge < -0.3 is 20.7 Å². The Morgan fingerprint density at radius 1 is 1.15 bits per heavy atom. The molecule has 3 heterocycles. The largest absolute Gasteiger partial charge is 0.421 e. The van der Waals surface area contributed by atoms with Gasteiger partial charge in [0.25, 0.3) is 0 Å². The van der Waals surface area contributed by atoms with Gasteiger partial charge in [-0.15, -0.1) is 0 Å². The van der Waals surface area contributed by atoms with Gasteiger partial charge in [0.15, 0.2) is 5.75 Å². The maximum Gasteiger partial charge on any atom is 0.395 e. The first-order chi connectivity index (χ1) is 16.1. The fourth-order valence-electron chi connectivity index (χ4n) is 4.48. The lowest BCUT2D eigenvalue weighted by Gasteiger charge is -2.22. The van der Waals surface area contributed by atoms with Crippen molar-refractivity contribution in [3.8, 4) is 22.9 Å². The normalized spacial score (nSPS) is 19.2. The summed E-state index contributed by atoms with van der Waals surface area (Å²) < 4.78 is 60.7. The van der Waals surface area contributed by atoms with Gasteiger partial charge in [0.1, 0.15) is 17.5 Å². The fraction of sp³-hybridized carbons (Fsp3) is 0.364. The molecule has 1 fully saturated rings. The van der Waals surface area contributed by atoms with Crippen molar-refractivity contribution < 1.29 is 22.3 Å². The minimum absolute atomic E-state index is 0.0652. The van der Waals surface area contributed by atoms with Crippen LogP contribution in [0.2, 0.25) is 0 Å². The molecule has 178 valence electrons. The Hall–Kier alpha value is -3.54. The number of rotatable bonds is 4. The van der Waals surface area contributed by atoms with Crippen LogP contribution >= 0.6 is 0 Å². The molecule has 0 radical (unpaired) electrons. The van der Waals surface area contributed by atoms with Gasteiger partial charge in [0.2, 0.25) is 0 Å². The molecule has 1 aliphatic carbocycles. The molecule has 0 saturated carbocycles. The molecular formula is C22H21F4N7O. The third-order valence-corrected chi connectivity index (χ3v) is 6.09. The zero-order valence-corrected chi connectivity index (χ0v) is 18.3. The van der Waals surface area contributed by atoms with Crippen molar-refractivity contribution >= 4 is 11.5 Å². The van der Waals surface area contributed by atoms with Gasteiger partial charge in [-0.2, -0.15) is 23.1 Å². The third kappa shape index (κ3) is 3.87. The monoisotopic (exact) mass is 475 g/mol. The number of benzene rings is 1. The van der Waals surface area contributed by atoms with Gasteiger partial charge in [-0.05, 0) is 30.2 Å². The van der Waals surface area contributed by atoms with Crippen molar-refractivity contribution in [3.63, 3.8) is 0 Å². The quantitative estimate of drug-likeness (QED) is 0.433. The summed E-state index contributed by atoms with van der Waals surface area (Å²) >= 11 is 0. The molecule has 1 saturated heterocycles. The van der Waals surface area contributed by atoms with E-state index in [-0.39, 0.29) is 30.7 Å². The second-order valence-electron chi connectivity index (χ2n) is 8.34. The summed E-state index contributed by atoms with van der Waals surface area (Å²) in [5, 5.41) is 2.97. The van der Waals surface area contributed by atoms with Crippen LogP contribution in [0.5, 0.6) is 11.8 Å². The molecule has 8 nitrogen and oxygen atoms in total. The molecule has 34 heavy (non-hydrogen) atoms.